The molecule has 1 atom stereocenters. The molecule has 2 aliphatic rings. The lowest BCUT2D eigenvalue weighted by atomic mass is 10.2. The van der Waals surface area contributed by atoms with Gasteiger partial charge in [0.15, 0.2) is 0 Å². The second-order valence-corrected chi connectivity index (χ2v) is 7.26. The van der Waals surface area contributed by atoms with Gasteiger partial charge in [0.2, 0.25) is 0 Å². The zero-order valence-corrected chi connectivity index (χ0v) is 11.8. The monoisotopic (exact) mass is 268 g/mol. The van der Waals surface area contributed by atoms with Gasteiger partial charge in [-0.05, 0) is 32.2 Å². The number of nitrogens with zero attached hydrogens (tertiary/aromatic N) is 1. The zero-order chi connectivity index (χ0) is 11.5. The fraction of sp³-hybridized carbons (Fsp3) is 0.769. The molecule has 1 saturated carbocycles. The summed E-state index contributed by atoms with van der Waals surface area (Å²) in [5.74, 6) is 1.13. The molecule has 1 saturated heterocycles. The lowest BCUT2D eigenvalue weighted by Crippen LogP contribution is -2.13. The maximum absolute atomic E-state index is 4.79. The second-order valence-electron chi connectivity index (χ2n) is 5.03. The van der Waals surface area contributed by atoms with Gasteiger partial charge in [-0.1, -0.05) is 12.8 Å². The number of aromatic nitrogens is 1. The Kier molecular flexibility index (Phi) is 4.04. The van der Waals surface area contributed by atoms with Gasteiger partial charge in [0, 0.05) is 16.4 Å². The van der Waals surface area contributed by atoms with Crippen LogP contribution >= 0.6 is 23.1 Å². The van der Waals surface area contributed by atoms with Gasteiger partial charge in [-0.2, -0.15) is 11.8 Å². The summed E-state index contributed by atoms with van der Waals surface area (Å²) in [6, 6.07) is 0.538. The summed E-state index contributed by atoms with van der Waals surface area (Å²) < 4.78 is 0. The van der Waals surface area contributed by atoms with Crippen molar-refractivity contribution in [3.8, 4) is 0 Å². The maximum Gasteiger partial charge on any atom is 0.103 e. The lowest BCUT2D eigenvalue weighted by molar-refractivity contribution is 0.630. The fourth-order valence-corrected chi connectivity index (χ4v) is 4.95. The Bertz CT molecular complexity index is 352. The predicted octanol–water partition coefficient (Wildman–Crippen LogP) is 3.74. The van der Waals surface area contributed by atoms with E-state index < -0.39 is 0 Å². The standard InChI is InChI=1S/C13H20N2S2/c1-2-5-10(4-1)16-9-13-15-12(8-17-13)11-6-3-7-14-11/h8,10-11,14H,1-7,9H2. The molecule has 0 radical (unpaired) electrons. The average Bonchev–Trinajstić information content (AvgIpc) is 3.09. The van der Waals surface area contributed by atoms with E-state index in [4.69, 9.17) is 4.98 Å². The van der Waals surface area contributed by atoms with Crippen LogP contribution in [0.1, 0.15) is 55.3 Å². The highest BCUT2D eigenvalue weighted by molar-refractivity contribution is 7.99. The first kappa shape index (κ1) is 12.0. The molecule has 1 unspecified atom stereocenters. The minimum atomic E-state index is 0.538. The summed E-state index contributed by atoms with van der Waals surface area (Å²) in [6.07, 6.45) is 8.28. The molecule has 2 fully saturated rings. The molecule has 1 aromatic heterocycles. The topological polar surface area (TPSA) is 24.9 Å². The van der Waals surface area contributed by atoms with Crippen molar-refractivity contribution in [1.29, 1.82) is 0 Å². The van der Waals surface area contributed by atoms with E-state index in [1.54, 1.807) is 0 Å². The van der Waals surface area contributed by atoms with E-state index in [2.05, 4.69) is 22.5 Å². The van der Waals surface area contributed by atoms with Crippen LogP contribution in [-0.2, 0) is 5.75 Å². The molecule has 4 heteroatoms. The highest BCUT2D eigenvalue weighted by Gasteiger charge is 2.20. The first-order valence-electron chi connectivity index (χ1n) is 6.71. The maximum atomic E-state index is 4.79. The van der Waals surface area contributed by atoms with E-state index in [0.717, 1.165) is 17.5 Å². The highest BCUT2D eigenvalue weighted by atomic mass is 32.2. The molecule has 1 N–H and O–H groups in total. The first-order valence-corrected chi connectivity index (χ1v) is 8.64. The molecule has 0 spiro atoms. The Morgan fingerprint density at radius 3 is 2.94 bits per heavy atom. The van der Waals surface area contributed by atoms with E-state index in [0.29, 0.717) is 6.04 Å². The molecular weight excluding hydrogens is 248 g/mol. The van der Waals surface area contributed by atoms with Crippen LogP contribution in [0, 0.1) is 0 Å². The van der Waals surface area contributed by atoms with E-state index in [9.17, 15) is 0 Å². The summed E-state index contributed by atoms with van der Waals surface area (Å²) in [6.45, 7) is 1.16. The van der Waals surface area contributed by atoms with Gasteiger partial charge >= 0.3 is 0 Å². The average molecular weight is 268 g/mol. The summed E-state index contributed by atoms with van der Waals surface area (Å²) in [5, 5.41) is 8.01. The number of thiazole rings is 1. The summed E-state index contributed by atoms with van der Waals surface area (Å²) >= 11 is 3.97. The van der Waals surface area contributed by atoms with Gasteiger partial charge in [-0.25, -0.2) is 4.98 Å². The number of hydrogen-bond donors (Lipinski definition) is 1. The molecule has 0 amide bonds. The van der Waals surface area contributed by atoms with Crippen LogP contribution in [0.3, 0.4) is 0 Å². The Morgan fingerprint density at radius 2 is 2.18 bits per heavy atom. The number of hydrogen-bond acceptors (Lipinski definition) is 4. The number of rotatable bonds is 4. The van der Waals surface area contributed by atoms with E-state index in [-0.39, 0.29) is 0 Å². The van der Waals surface area contributed by atoms with Gasteiger partial charge in [0.05, 0.1) is 11.7 Å². The Labute approximate surface area is 112 Å². The summed E-state index contributed by atoms with van der Waals surface area (Å²) in [5.41, 5.74) is 1.29. The smallest absolute Gasteiger partial charge is 0.103 e. The molecule has 0 aromatic carbocycles. The normalized spacial score (nSPS) is 25.8. The Morgan fingerprint density at radius 1 is 1.29 bits per heavy atom. The third-order valence-corrected chi connectivity index (χ3v) is 6.16. The van der Waals surface area contributed by atoms with Crippen LogP contribution in [-0.4, -0.2) is 16.8 Å². The van der Waals surface area contributed by atoms with Crippen molar-refractivity contribution in [2.24, 2.45) is 0 Å². The molecule has 94 valence electrons. The van der Waals surface area contributed by atoms with Gasteiger partial charge in [0.1, 0.15) is 5.01 Å². The van der Waals surface area contributed by atoms with Crippen molar-refractivity contribution >= 4 is 23.1 Å². The first-order chi connectivity index (χ1) is 8.42. The van der Waals surface area contributed by atoms with E-state index in [1.807, 2.05) is 11.3 Å². The minimum Gasteiger partial charge on any atom is -0.309 e. The predicted molar refractivity (Wildman–Crippen MR) is 75.6 cm³/mol. The molecule has 1 aromatic rings. The zero-order valence-electron chi connectivity index (χ0n) is 10.2. The van der Waals surface area contributed by atoms with Gasteiger partial charge in [0.25, 0.3) is 0 Å². The number of thioether (sulfide) groups is 1. The van der Waals surface area contributed by atoms with Crippen molar-refractivity contribution in [1.82, 2.24) is 10.3 Å². The van der Waals surface area contributed by atoms with Crippen molar-refractivity contribution in [2.45, 2.75) is 55.6 Å². The molecular formula is C13H20N2S2. The van der Waals surface area contributed by atoms with Crippen molar-refractivity contribution in [3.63, 3.8) is 0 Å². The molecule has 17 heavy (non-hydrogen) atoms. The van der Waals surface area contributed by atoms with Crippen LogP contribution in [0.4, 0.5) is 0 Å². The third-order valence-electron chi connectivity index (χ3n) is 3.73. The van der Waals surface area contributed by atoms with Crippen LogP contribution in [0.5, 0.6) is 0 Å². The van der Waals surface area contributed by atoms with Crippen molar-refractivity contribution < 1.29 is 0 Å². The Hall–Kier alpha value is -0.0600. The van der Waals surface area contributed by atoms with Gasteiger partial charge in [-0.3, -0.25) is 0 Å². The summed E-state index contributed by atoms with van der Waals surface area (Å²) in [7, 11) is 0. The van der Waals surface area contributed by atoms with Crippen LogP contribution in [0.15, 0.2) is 5.38 Å². The molecule has 1 aliphatic carbocycles. The second kappa shape index (κ2) is 5.72. The quantitative estimate of drug-likeness (QED) is 0.900. The molecule has 3 rings (SSSR count). The van der Waals surface area contributed by atoms with Crippen molar-refractivity contribution in [3.05, 3.63) is 16.1 Å². The van der Waals surface area contributed by atoms with Gasteiger partial charge < -0.3 is 5.32 Å². The Balaban J connectivity index is 1.52. The molecule has 0 bridgehead atoms. The molecule has 2 heterocycles. The summed E-state index contributed by atoms with van der Waals surface area (Å²) in [4.78, 5) is 4.79. The van der Waals surface area contributed by atoms with Crippen LogP contribution in [0.25, 0.3) is 0 Å². The van der Waals surface area contributed by atoms with Crippen molar-refractivity contribution in [2.75, 3.05) is 6.54 Å². The SMILES string of the molecule is c1sc(CSC2CCCC2)nc1C1CCCN1. The van der Waals surface area contributed by atoms with Crippen LogP contribution in [0.2, 0.25) is 0 Å². The van der Waals surface area contributed by atoms with E-state index in [1.165, 1.54) is 49.2 Å². The van der Waals surface area contributed by atoms with E-state index >= 15 is 0 Å². The van der Waals surface area contributed by atoms with Crippen LogP contribution < -0.4 is 5.32 Å². The molecule has 2 nitrogen and oxygen atoms in total. The largest absolute Gasteiger partial charge is 0.309 e. The fourth-order valence-electron chi connectivity index (χ4n) is 2.73. The number of nitrogens with one attached hydrogen (secondary N) is 1. The highest BCUT2D eigenvalue weighted by Crippen LogP contribution is 2.33. The minimum absolute atomic E-state index is 0.538. The lowest BCUT2D eigenvalue weighted by Gasteiger charge is -2.07. The molecule has 1 aliphatic heterocycles. The third kappa shape index (κ3) is 3.04. The van der Waals surface area contributed by atoms with Gasteiger partial charge in [-0.15, -0.1) is 11.3 Å².